The smallest absolute Gasteiger partial charge is 0.338 e. The highest BCUT2D eigenvalue weighted by Crippen LogP contribution is 2.30. The lowest BCUT2D eigenvalue weighted by Gasteiger charge is -2.11. The molecule has 0 saturated carbocycles. The first-order valence-electron chi connectivity index (χ1n) is 5.83. The summed E-state index contributed by atoms with van der Waals surface area (Å²) in [6.45, 7) is 0. The number of halogens is 1. The van der Waals surface area contributed by atoms with Crippen LogP contribution in [-0.2, 0) is 0 Å². The first-order valence-corrected chi connectivity index (χ1v) is 6.21. The molecule has 0 fully saturated rings. The Hall–Kier alpha value is -2.53. The second kappa shape index (κ2) is 4.54. The van der Waals surface area contributed by atoms with Crippen molar-refractivity contribution in [3.05, 3.63) is 53.2 Å². The highest BCUT2D eigenvalue weighted by Gasteiger charge is 2.18. The highest BCUT2D eigenvalue weighted by atomic mass is 35.5. The van der Waals surface area contributed by atoms with Crippen LogP contribution in [-0.4, -0.2) is 20.9 Å². The molecular weight excluding hydrogens is 278 g/mol. The van der Waals surface area contributed by atoms with Gasteiger partial charge < -0.3 is 10.8 Å². The van der Waals surface area contributed by atoms with Gasteiger partial charge in [-0.2, -0.15) is 5.10 Å². The van der Waals surface area contributed by atoms with E-state index in [2.05, 4.69) is 5.10 Å². The minimum atomic E-state index is -1.10. The lowest BCUT2D eigenvalue weighted by Crippen LogP contribution is -2.08. The second-order valence-electron chi connectivity index (χ2n) is 4.32. The van der Waals surface area contributed by atoms with Crippen LogP contribution in [0.3, 0.4) is 0 Å². The summed E-state index contributed by atoms with van der Waals surface area (Å²) in [5, 5.41) is 14.7. The molecule has 0 unspecified atom stereocenters. The van der Waals surface area contributed by atoms with Gasteiger partial charge in [-0.15, -0.1) is 0 Å². The molecular formula is C14H10ClN3O2. The summed E-state index contributed by atoms with van der Waals surface area (Å²) in [4.78, 5) is 11.4. The number of aromatic nitrogens is 2. The number of anilines is 1. The number of carbonyl (C=O) groups is 1. The van der Waals surface area contributed by atoms with Crippen molar-refractivity contribution in [2.75, 3.05) is 5.73 Å². The van der Waals surface area contributed by atoms with Crippen LogP contribution >= 0.6 is 11.6 Å². The lowest BCUT2D eigenvalue weighted by molar-refractivity contribution is 0.0697. The Bertz CT molecular complexity index is 826. The number of aromatic carboxylic acids is 1. The van der Waals surface area contributed by atoms with Gasteiger partial charge in [0, 0.05) is 11.1 Å². The fourth-order valence-corrected chi connectivity index (χ4v) is 2.46. The monoisotopic (exact) mass is 287 g/mol. The van der Waals surface area contributed by atoms with E-state index < -0.39 is 5.97 Å². The van der Waals surface area contributed by atoms with Gasteiger partial charge in [0.15, 0.2) is 0 Å². The number of nitrogen functional groups attached to an aromatic ring is 1. The molecule has 0 saturated heterocycles. The minimum Gasteiger partial charge on any atom is -0.478 e. The largest absolute Gasteiger partial charge is 0.478 e. The number of hydrogen-bond donors (Lipinski definition) is 2. The summed E-state index contributed by atoms with van der Waals surface area (Å²) >= 11 is 6.17. The molecule has 0 radical (unpaired) electrons. The number of hydrogen-bond acceptors (Lipinski definition) is 3. The predicted molar refractivity (Wildman–Crippen MR) is 77.5 cm³/mol. The Morgan fingerprint density at radius 2 is 2.05 bits per heavy atom. The topological polar surface area (TPSA) is 81.1 Å². The van der Waals surface area contributed by atoms with E-state index in [0.717, 1.165) is 10.9 Å². The number of carboxylic acids is 1. The molecule has 3 N–H and O–H groups in total. The van der Waals surface area contributed by atoms with Crippen molar-refractivity contribution in [3.63, 3.8) is 0 Å². The van der Waals surface area contributed by atoms with Gasteiger partial charge in [0.1, 0.15) is 0 Å². The fraction of sp³-hybridized carbons (Fsp3) is 0. The molecule has 3 rings (SSSR count). The quantitative estimate of drug-likeness (QED) is 0.710. The predicted octanol–water partition coefficient (Wildman–Crippen LogP) is 2.96. The standard InChI is InChI=1S/C14H10ClN3O2/c15-11-6-9(16)5-10(14(19)20)13(11)18-12-4-2-1-3-8(12)7-17-18/h1-7H,16H2,(H,19,20). The molecule has 0 aliphatic carbocycles. The molecule has 0 spiro atoms. The molecule has 100 valence electrons. The normalized spacial score (nSPS) is 10.8. The number of carboxylic acid groups (broad SMARTS) is 1. The van der Waals surface area contributed by atoms with Gasteiger partial charge >= 0.3 is 5.97 Å². The van der Waals surface area contributed by atoms with Crippen molar-refractivity contribution in [2.45, 2.75) is 0 Å². The molecule has 0 bridgehead atoms. The van der Waals surface area contributed by atoms with E-state index in [4.69, 9.17) is 17.3 Å². The van der Waals surface area contributed by atoms with E-state index >= 15 is 0 Å². The Morgan fingerprint density at radius 3 is 2.80 bits per heavy atom. The third kappa shape index (κ3) is 1.88. The average Bonchev–Trinajstić information content (AvgIpc) is 2.81. The molecule has 0 aliphatic rings. The van der Waals surface area contributed by atoms with Crippen LogP contribution in [0.5, 0.6) is 0 Å². The first-order chi connectivity index (χ1) is 9.58. The molecule has 0 amide bonds. The fourth-order valence-electron chi connectivity index (χ4n) is 2.15. The summed E-state index contributed by atoms with van der Waals surface area (Å²) < 4.78 is 1.51. The molecule has 1 aromatic heterocycles. The summed E-state index contributed by atoms with van der Waals surface area (Å²) in [6, 6.07) is 10.4. The third-order valence-electron chi connectivity index (χ3n) is 3.01. The Kier molecular flexibility index (Phi) is 2.84. The Morgan fingerprint density at radius 1 is 1.30 bits per heavy atom. The summed E-state index contributed by atoms with van der Waals surface area (Å²) in [5.74, 6) is -1.10. The molecule has 5 nitrogen and oxygen atoms in total. The van der Waals surface area contributed by atoms with Crippen LogP contribution in [0.2, 0.25) is 5.02 Å². The van der Waals surface area contributed by atoms with Crippen LogP contribution in [0.4, 0.5) is 5.69 Å². The van der Waals surface area contributed by atoms with E-state index in [0.29, 0.717) is 11.4 Å². The summed E-state index contributed by atoms with van der Waals surface area (Å²) in [5.41, 5.74) is 7.06. The minimum absolute atomic E-state index is 0.0175. The molecule has 1 heterocycles. The number of para-hydroxylation sites is 1. The lowest BCUT2D eigenvalue weighted by atomic mass is 10.1. The Balaban J connectivity index is 2.37. The van der Waals surface area contributed by atoms with Crippen LogP contribution in [0.25, 0.3) is 16.6 Å². The van der Waals surface area contributed by atoms with Crippen LogP contribution in [0.1, 0.15) is 10.4 Å². The highest BCUT2D eigenvalue weighted by molar-refractivity contribution is 6.33. The second-order valence-corrected chi connectivity index (χ2v) is 4.73. The molecule has 3 aromatic rings. The van der Waals surface area contributed by atoms with E-state index in [1.54, 1.807) is 6.20 Å². The van der Waals surface area contributed by atoms with E-state index in [1.807, 2.05) is 24.3 Å². The van der Waals surface area contributed by atoms with Crippen molar-refractivity contribution in [1.29, 1.82) is 0 Å². The van der Waals surface area contributed by atoms with Gasteiger partial charge in [-0.05, 0) is 18.2 Å². The first kappa shape index (κ1) is 12.5. The number of fused-ring (bicyclic) bond motifs is 1. The molecule has 0 aliphatic heterocycles. The molecule has 6 heteroatoms. The van der Waals surface area contributed by atoms with Gasteiger partial charge in [-0.25, -0.2) is 9.48 Å². The van der Waals surface area contributed by atoms with Crippen molar-refractivity contribution in [1.82, 2.24) is 9.78 Å². The zero-order chi connectivity index (χ0) is 14.3. The van der Waals surface area contributed by atoms with Gasteiger partial charge in [0.05, 0.1) is 28.0 Å². The summed E-state index contributed by atoms with van der Waals surface area (Å²) in [6.07, 6.45) is 1.66. The van der Waals surface area contributed by atoms with Crippen LogP contribution in [0.15, 0.2) is 42.6 Å². The van der Waals surface area contributed by atoms with Crippen molar-refractivity contribution in [3.8, 4) is 5.69 Å². The molecule has 20 heavy (non-hydrogen) atoms. The zero-order valence-corrected chi connectivity index (χ0v) is 11.0. The van der Waals surface area contributed by atoms with Gasteiger partial charge in [0.2, 0.25) is 0 Å². The summed E-state index contributed by atoms with van der Waals surface area (Å²) in [7, 11) is 0. The van der Waals surface area contributed by atoms with E-state index in [-0.39, 0.29) is 10.6 Å². The van der Waals surface area contributed by atoms with Crippen LogP contribution in [0, 0.1) is 0 Å². The molecule has 2 aromatic carbocycles. The van der Waals surface area contributed by atoms with Gasteiger partial charge in [0.25, 0.3) is 0 Å². The zero-order valence-electron chi connectivity index (χ0n) is 10.2. The number of benzene rings is 2. The maximum absolute atomic E-state index is 11.4. The van der Waals surface area contributed by atoms with Gasteiger partial charge in [-0.1, -0.05) is 29.8 Å². The maximum atomic E-state index is 11.4. The van der Waals surface area contributed by atoms with E-state index in [1.165, 1.54) is 16.8 Å². The van der Waals surface area contributed by atoms with Gasteiger partial charge in [-0.3, -0.25) is 0 Å². The van der Waals surface area contributed by atoms with Crippen molar-refractivity contribution >= 4 is 34.2 Å². The number of rotatable bonds is 2. The Labute approximate surface area is 119 Å². The van der Waals surface area contributed by atoms with E-state index in [9.17, 15) is 9.90 Å². The molecule has 0 atom stereocenters. The third-order valence-corrected chi connectivity index (χ3v) is 3.29. The number of nitrogens with two attached hydrogens (primary N) is 1. The van der Waals surface area contributed by atoms with Crippen molar-refractivity contribution in [2.24, 2.45) is 0 Å². The number of nitrogens with zero attached hydrogens (tertiary/aromatic N) is 2. The maximum Gasteiger partial charge on any atom is 0.338 e. The van der Waals surface area contributed by atoms with Crippen LogP contribution < -0.4 is 5.73 Å². The SMILES string of the molecule is Nc1cc(Cl)c(-n2ncc3ccccc32)c(C(=O)O)c1. The average molecular weight is 288 g/mol. The van der Waals surface area contributed by atoms with Crippen molar-refractivity contribution < 1.29 is 9.90 Å².